The van der Waals surface area contributed by atoms with Gasteiger partial charge < -0.3 is 4.57 Å². The normalized spacial score (nSPS) is 13.9. The van der Waals surface area contributed by atoms with Gasteiger partial charge in [0, 0.05) is 33.1 Å². The van der Waals surface area contributed by atoms with E-state index in [1.54, 1.807) is 0 Å². The topological polar surface area (TPSA) is 29.6 Å². The Bertz CT molecular complexity index is 2390. The van der Waals surface area contributed by atoms with Crippen LogP contribution in [0, 0.1) is 0 Å². The van der Waals surface area contributed by atoms with E-state index in [4.69, 9.17) is 9.98 Å². The average molecular weight is 606 g/mol. The third kappa shape index (κ3) is 4.83. The molecular weight excluding hydrogens is 571 g/mol. The first-order valence-electron chi connectivity index (χ1n) is 16.1. The zero-order valence-corrected chi connectivity index (χ0v) is 26.9. The van der Waals surface area contributed by atoms with Crippen LogP contribution in [-0.4, -0.2) is 16.1 Å². The zero-order chi connectivity index (χ0) is 32.1. The molecule has 8 rings (SSSR count). The Kier molecular flexibility index (Phi) is 6.84. The predicted molar refractivity (Wildman–Crippen MR) is 199 cm³/mol. The number of nitrogens with zero attached hydrogens (tertiary/aromatic N) is 3. The van der Waals surface area contributed by atoms with E-state index < -0.39 is 0 Å². The largest absolute Gasteiger partial charge is 0.309 e. The minimum absolute atomic E-state index is 0.0927. The maximum atomic E-state index is 5.12. The van der Waals surface area contributed by atoms with Crippen LogP contribution in [0.15, 0.2) is 162 Å². The van der Waals surface area contributed by atoms with Gasteiger partial charge in [0.05, 0.1) is 16.7 Å². The lowest BCUT2D eigenvalue weighted by Gasteiger charge is -2.21. The van der Waals surface area contributed by atoms with E-state index in [1.807, 2.05) is 55.5 Å². The van der Waals surface area contributed by atoms with Gasteiger partial charge in [0.2, 0.25) is 0 Å². The highest BCUT2D eigenvalue weighted by molar-refractivity contribution is 6.14. The summed E-state index contributed by atoms with van der Waals surface area (Å²) in [5.74, 6) is 0.625. The van der Waals surface area contributed by atoms with Crippen molar-refractivity contribution in [2.75, 3.05) is 0 Å². The number of para-hydroxylation sites is 1. The van der Waals surface area contributed by atoms with Gasteiger partial charge in [0.15, 0.2) is 5.84 Å². The van der Waals surface area contributed by atoms with Crippen LogP contribution in [0.5, 0.6) is 0 Å². The summed E-state index contributed by atoms with van der Waals surface area (Å²) in [6.07, 6.45) is 0. The quantitative estimate of drug-likeness (QED) is 0.138. The van der Waals surface area contributed by atoms with Crippen molar-refractivity contribution < 1.29 is 0 Å². The molecular formula is C44H35N3. The molecule has 0 bridgehead atoms. The minimum atomic E-state index is -0.0927. The van der Waals surface area contributed by atoms with Gasteiger partial charge in [0.25, 0.3) is 0 Å². The Balaban J connectivity index is 1.33. The van der Waals surface area contributed by atoms with Gasteiger partial charge in [-0.1, -0.05) is 136 Å². The van der Waals surface area contributed by atoms with Crippen LogP contribution in [0.1, 0.15) is 48.6 Å². The Morgan fingerprint density at radius 2 is 1.21 bits per heavy atom. The molecule has 0 unspecified atom stereocenters. The van der Waals surface area contributed by atoms with Gasteiger partial charge in [-0.25, -0.2) is 9.98 Å². The van der Waals surface area contributed by atoms with Gasteiger partial charge in [-0.15, -0.1) is 0 Å². The van der Waals surface area contributed by atoms with Crippen LogP contribution in [0.25, 0.3) is 44.3 Å². The highest BCUT2D eigenvalue weighted by Crippen LogP contribution is 2.50. The first-order chi connectivity index (χ1) is 22.9. The Hall–Kier alpha value is -5.80. The summed E-state index contributed by atoms with van der Waals surface area (Å²) in [6.45, 7) is 11.0. The second-order valence-corrected chi connectivity index (χ2v) is 12.8. The smallest absolute Gasteiger partial charge is 0.160 e. The molecule has 226 valence electrons. The van der Waals surface area contributed by atoms with E-state index in [2.05, 4.69) is 122 Å². The van der Waals surface area contributed by atoms with Crippen LogP contribution in [-0.2, 0) is 5.41 Å². The summed E-state index contributed by atoms with van der Waals surface area (Å²) in [5, 5.41) is 2.49. The summed E-state index contributed by atoms with van der Waals surface area (Å²) >= 11 is 0. The van der Waals surface area contributed by atoms with Crippen molar-refractivity contribution in [2.45, 2.75) is 26.2 Å². The fourth-order valence-electron chi connectivity index (χ4n) is 7.11. The van der Waals surface area contributed by atoms with Crippen LogP contribution < -0.4 is 0 Å². The van der Waals surface area contributed by atoms with Crippen molar-refractivity contribution in [2.24, 2.45) is 9.98 Å². The number of hydrogen-bond acceptors (Lipinski definition) is 1. The standard InChI is InChI=1S/C44H35N3/c1-29(31-16-7-5-8-17-31)45-43(46-30(2)32-18-9-6-10-19-32)33-20-15-21-34(26-33)47-41-25-14-12-23-36(41)38-27-37-35-22-11-13-24-39(35)44(3,4)40(37)28-42(38)47/h5-28H,1H2,2-4H3. The van der Waals surface area contributed by atoms with E-state index in [0.29, 0.717) is 11.5 Å². The Morgan fingerprint density at radius 1 is 0.553 bits per heavy atom. The highest BCUT2D eigenvalue weighted by atomic mass is 15.0. The lowest BCUT2D eigenvalue weighted by molar-refractivity contribution is 0.661. The molecule has 0 saturated heterocycles. The summed E-state index contributed by atoms with van der Waals surface area (Å²) in [7, 11) is 0. The first kappa shape index (κ1) is 28.7. The van der Waals surface area contributed by atoms with Crippen molar-refractivity contribution in [3.05, 3.63) is 180 Å². The Morgan fingerprint density at radius 3 is 2.00 bits per heavy atom. The number of aromatic nitrogens is 1. The maximum absolute atomic E-state index is 5.12. The Labute approximate surface area is 275 Å². The van der Waals surface area contributed by atoms with E-state index >= 15 is 0 Å². The molecule has 0 N–H and O–H groups in total. The van der Waals surface area contributed by atoms with Gasteiger partial charge in [-0.05, 0) is 70.6 Å². The van der Waals surface area contributed by atoms with Gasteiger partial charge >= 0.3 is 0 Å². The van der Waals surface area contributed by atoms with Crippen molar-refractivity contribution in [1.82, 2.24) is 4.57 Å². The van der Waals surface area contributed by atoms with Crippen LogP contribution in [0.3, 0.4) is 0 Å². The SMILES string of the molecule is C=C(N=C(N=C(C)c1ccccc1)c1cccc(-n2c3ccccc3c3cc4c(cc32)C(C)(C)c2ccccc2-4)c1)c1ccccc1. The summed E-state index contributed by atoms with van der Waals surface area (Å²) < 4.78 is 2.39. The first-order valence-corrected chi connectivity index (χ1v) is 16.1. The molecule has 0 radical (unpaired) electrons. The van der Waals surface area contributed by atoms with Crippen molar-refractivity contribution in [3.63, 3.8) is 0 Å². The monoisotopic (exact) mass is 605 g/mol. The van der Waals surface area contributed by atoms with Gasteiger partial charge in [-0.2, -0.15) is 0 Å². The van der Waals surface area contributed by atoms with Crippen LogP contribution in [0.4, 0.5) is 0 Å². The third-order valence-electron chi connectivity index (χ3n) is 9.55. The van der Waals surface area contributed by atoms with Crippen molar-refractivity contribution >= 4 is 39.1 Å². The van der Waals surface area contributed by atoms with Gasteiger partial charge in [-0.3, -0.25) is 0 Å². The minimum Gasteiger partial charge on any atom is -0.309 e. The third-order valence-corrected chi connectivity index (χ3v) is 9.55. The van der Waals surface area contributed by atoms with E-state index in [0.717, 1.165) is 28.1 Å². The molecule has 0 atom stereocenters. The molecule has 47 heavy (non-hydrogen) atoms. The molecule has 1 aliphatic rings. The van der Waals surface area contributed by atoms with Crippen molar-refractivity contribution in [3.8, 4) is 16.8 Å². The lowest BCUT2D eigenvalue weighted by atomic mass is 9.82. The van der Waals surface area contributed by atoms with Gasteiger partial charge in [0.1, 0.15) is 0 Å². The van der Waals surface area contributed by atoms with Crippen LogP contribution in [0.2, 0.25) is 0 Å². The second kappa shape index (κ2) is 11.2. The molecule has 0 spiro atoms. The summed E-state index contributed by atoms with van der Waals surface area (Å²) in [4.78, 5) is 10.2. The summed E-state index contributed by atoms with van der Waals surface area (Å²) in [6, 6.07) is 51.3. The maximum Gasteiger partial charge on any atom is 0.160 e. The fourth-order valence-corrected chi connectivity index (χ4v) is 7.11. The van der Waals surface area contributed by atoms with E-state index in [1.165, 1.54) is 44.1 Å². The fraction of sp³-hybridized carbons (Fsp3) is 0.0909. The van der Waals surface area contributed by atoms with E-state index in [-0.39, 0.29) is 5.41 Å². The molecule has 3 nitrogen and oxygen atoms in total. The molecule has 0 fully saturated rings. The van der Waals surface area contributed by atoms with Crippen molar-refractivity contribution in [1.29, 1.82) is 0 Å². The summed E-state index contributed by atoms with van der Waals surface area (Å²) in [5.41, 5.74) is 13.2. The molecule has 6 aromatic carbocycles. The van der Waals surface area contributed by atoms with E-state index in [9.17, 15) is 0 Å². The number of fused-ring (bicyclic) bond motifs is 6. The molecule has 1 aliphatic carbocycles. The number of hydrogen-bond donors (Lipinski definition) is 0. The van der Waals surface area contributed by atoms with Crippen LogP contribution >= 0.6 is 0 Å². The molecule has 0 saturated carbocycles. The number of rotatable bonds is 5. The molecule has 3 heteroatoms. The number of aliphatic imine (C=N–C) groups is 2. The molecule has 0 aliphatic heterocycles. The highest BCUT2D eigenvalue weighted by Gasteiger charge is 2.36. The lowest BCUT2D eigenvalue weighted by Crippen LogP contribution is -2.15. The zero-order valence-electron chi connectivity index (χ0n) is 26.9. The molecule has 1 heterocycles. The molecule has 1 aromatic heterocycles. The molecule has 7 aromatic rings. The second-order valence-electron chi connectivity index (χ2n) is 12.8. The predicted octanol–water partition coefficient (Wildman–Crippen LogP) is 11.0. The number of benzene rings is 6. The average Bonchev–Trinajstić information content (AvgIpc) is 3.56. The molecule has 0 amide bonds. The number of amidine groups is 1.